The predicted molar refractivity (Wildman–Crippen MR) is 101 cm³/mol. The second kappa shape index (κ2) is 9.07. The highest BCUT2D eigenvalue weighted by atomic mass is 35.5. The molecule has 2 rings (SSSR count). The van der Waals surface area contributed by atoms with Crippen LogP contribution in [0.1, 0.15) is 23.6 Å². The normalized spacial score (nSPS) is 12.2. The molecular formula is C19H22Cl2N2O. The summed E-state index contributed by atoms with van der Waals surface area (Å²) in [6.07, 6.45) is 1.14. The fourth-order valence-corrected chi connectivity index (χ4v) is 2.91. The Kier molecular flexibility index (Phi) is 7.10. The first kappa shape index (κ1) is 18.8. The van der Waals surface area contributed by atoms with Crippen molar-refractivity contribution in [3.63, 3.8) is 0 Å². The lowest BCUT2D eigenvalue weighted by molar-refractivity contribution is -0.121. The van der Waals surface area contributed by atoms with Gasteiger partial charge in [-0.25, -0.2) is 0 Å². The number of likely N-dealkylation sites (N-methyl/N-ethyl adjacent to an activating group) is 1. The van der Waals surface area contributed by atoms with Crippen LogP contribution in [-0.2, 0) is 11.2 Å². The summed E-state index contributed by atoms with van der Waals surface area (Å²) >= 11 is 12.1. The molecule has 1 atom stereocenters. The van der Waals surface area contributed by atoms with Crippen molar-refractivity contribution in [3.05, 3.63) is 69.7 Å². The Hall–Kier alpha value is -1.55. The number of amides is 1. The molecule has 0 saturated carbocycles. The zero-order valence-corrected chi connectivity index (χ0v) is 15.4. The number of aryl methyl sites for hydroxylation is 1. The largest absolute Gasteiger partial charge is 0.354 e. The Morgan fingerprint density at radius 2 is 1.75 bits per heavy atom. The molecule has 128 valence electrons. The molecule has 0 saturated heterocycles. The van der Waals surface area contributed by atoms with E-state index >= 15 is 0 Å². The Labute approximate surface area is 153 Å². The predicted octanol–water partition coefficient (Wildman–Crippen LogP) is 4.35. The molecular weight excluding hydrogens is 343 g/mol. The van der Waals surface area contributed by atoms with Gasteiger partial charge in [-0.05, 0) is 49.8 Å². The van der Waals surface area contributed by atoms with Gasteiger partial charge in [-0.2, -0.15) is 0 Å². The second-order valence-corrected chi connectivity index (χ2v) is 6.78. The van der Waals surface area contributed by atoms with Gasteiger partial charge in [0, 0.05) is 23.0 Å². The fraction of sp³-hybridized carbons (Fsp3) is 0.316. The molecule has 0 aliphatic heterocycles. The molecule has 1 unspecified atom stereocenters. The van der Waals surface area contributed by atoms with Gasteiger partial charge in [0.2, 0.25) is 5.91 Å². The summed E-state index contributed by atoms with van der Waals surface area (Å²) in [5, 5.41) is 4.43. The van der Waals surface area contributed by atoms with E-state index in [9.17, 15) is 4.79 Å². The number of benzene rings is 2. The zero-order chi connectivity index (χ0) is 17.5. The average molecular weight is 365 g/mol. The van der Waals surface area contributed by atoms with E-state index in [4.69, 9.17) is 23.2 Å². The van der Waals surface area contributed by atoms with Crippen LogP contribution in [0.2, 0.25) is 10.0 Å². The molecule has 0 radical (unpaired) electrons. The number of rotatable bonds is 7. The van der Waals surface area contributed by atoms with E-state index < -0.39 is 0 Å². The molecule has 0 fully saturated rings. The molecule has 0 spiro atoms. The first-order chi connectivity index (χ1) is 11.5. The number of halogens is 2. The molecule has 1 N–H and O–H groups in total. The molecule has 24 heavy (non-hydrogen) atoms. The number of hydrogen-bond donors (Lipinski definition) is 1. The third-order valence-electron chi connectivity index (χ3n) is 3.93. The van der Waals surface area contributed by atoms with Crippen LogP contribution >= 0.6 is 23.2 Å². The lowest BCUT2D eigenvalue weighted by Gasteiger charge is -2.26. The van der Waals surface area contributed by atoms with Crippen LogP contribution in [-0.4, -0.2) is 31.4 Å². The monoisotopic (exact) mass is 364 g/mol. The van der Waals surface area contributed by atoms with Gasteiger partial charge in [-0.3, -0.25) is 4.79 Å². The van der Waals surface area contributed by atoms with Gasteiger partial charge in [-0.1, -0.05) is 53.5 Å². The summed E-state index contributed by atoms with van der Waals surface area (Å²) in [5.41, 5.74) is 2.12. The lowest BCUT2D eigenvalue weighted by Crippen LogP contribution is -2.34. The van der Waals surface area contributed by atoms with Gasteiger partial charge in [0.25, 0.3) is 0 Å². The minimum atomic E-state index is 0.0313. The van der Waals surface area contributed by atoms with Gasteiger partial charge in [-0.15, -0.1) is 0 Å². The van der Waals surface area contributed by atoms with E-state index in [1.165, 1.54) is 0 Å². The van der Waals surface area contributed by atoms with Crippen LogP contribution in [0, 0.1) is 0 Å². The van der Waals surface area contributed by atoms with Gasteiger partial charge >= 0.3 is 0 Å². The van der Waals surface area contributed by atoms with Gasteiger partial charge < -0.3 is 10.2 Å². The van der Waals surface area contributed by atoms with E-state index in [1.807, 2.05) is 62.6 Å². The number of nitrogens with one attached hydrogen (secondary N) is 1. The van der Waals surface area contributed by atoms with Crippen molar-refractivity contribution >= 4 is 29.1 Å². The van der Waals surface area contributed by atoms with Gasteiger partial charge in [0.15, 0.2) is 0 Å². The van der Waals surface area contributed by atoms with Crippen molar-refractivity contribution < 1.29 is 4.79 Å². The standard InChI is InChI=1S/C19H22Cl2N2O/c1-23(2)18(16-5-3-4-6-17(16)21)13-22-19(24)12-9-14-7-10-15(20)11-8-14/h3-8,10-11,18H,9,12-13H2,1-2H3,(H,22,24). The van der Waals surface area contributed by atoms with Crippen molar-refractivity contribution in [3.8, 4) is 0 Å². The maximum Gasteiger partial charge on any atom is 0.220 e. The van der Waals surface area contributed by atoms with Crippen LogP contribution in [0.25, 0.3) is 0 Å². The topological polar surface area (TPSA) is 32.3 Å². The highest BCUT2D eigenvalue weighted by molar-refractivity contribution is 6.31. The molecule has 2 aromatic rings. The van der Waals surface area contributed by atoms with Crippen molar-refractivity contribution in [1.29, 1.82) is 0 Å². The minimum Gasteiger partial charge on any atom is -0.354 e. The Bertz CT molecular complexity index is 671. The zero-order valence-electron chi connectivity index (χ0n) is 13.9. The van der Waals surface area contributed by atoms with Crippen LogP contribution in [0.15, 0.2) is 48.5 Å². The fourth-order valence-electron chi connectivity index (χ4n) is 2.52. The summed E-state index contributed by atoms with van der Waals surface area (Å²) in [4.78, 5) is 14.2. The van der Waals surface area contributed by atoms with Crippen LogP contribution in [0.4, 0.5) is 0 Å². The molecule has 1 amide bonds. The molecule has 0 bridgehead atoms. The number of hydrogen-bond acceptors (Lipinski definition) is 2. The van der Waals surface area contributed by atoms with Crippen molar-refractivity contribution in [2.75, 3.05) is 20.6 Å². The summed E-state index contributed by atoms with van der Waals surface area (Å²) in [7, 11) is 3.96. The SMILES string of the molecule is CN(C)C(CNC(=O)CCc1ccc(Cl)cc1)c1ccccc1Cl. The Morgan fingerprint density at radius 3 is 2.38 bits per heavy atom. The summed E-state index contributed by atoms with van der Waals surface area (Å²) in [5.74, 6) is 0.0313. The maximum absolute atomic E-state index is 12.1. The summed E-state index contributed by atoms with van der Waals surface area (Å²) < 4.78 is 0. The smallest absolute Gasteiger partial charge is 0.220 e. The average Bonchev–Trinajstić information content (AvgIpc) is 2.56. The van der Waals surface area contributed by atoms with E-state index in [-0.39, 0.29) is 11.9 Å². The molecule has 0 aromatic heterocycles. The summed E-state index contributed by atoms with van der Waals surface area (Å²) in [6, 6.07) is 15.3. The second-order valence-electron chi connectivity index (χ2n) is 5.93. The quantitative estimate of drug-likeness (QED) is 0.792. The van der Waals surface area contributed by atoms with E-state index in [2.05, 4.69) is 10.2 Å². The van der Waals surface area contributed by atoms with Crippen LogP contribution < -0.4 is 5.32 Å². The minimum absolute atomic E-state index is 0.0313. The lowest BCUT2D eigenvalue weighted by atomic mass is 10.1. The number of nitrogens with zero attached hydrogens (tertiary/aromatic N) is 1. The molecule has 2 aromatic carbocycles. The number of carbonyl (C=O) groups excluding carboxylic acids is 1. The van der Waals surface area contributed by atoms with Crippen LogP contribution in [0.3, 0.4) is 0 Å². The maximum atomic E-state index is 12.1. The molecule has 0 heterocycles. The third kappa shape index (κ3) is 5.52. The third-order valence-corrected chi connectivity index (χ3v) is 4.53. The Morgan fingerprint density at radius 1 is 1.08 bits per heavy atom. The van der Waals surface area contributed by atoms with E-state index in [1.54, 1.807) is 0 Å². The van der Waals surface area contributed by atoms with E-state index in [0.29, 0.717) is 29.4 Å². The van der Waals surface area contributed by atoms with Crippen molar-refractivity contribution in [2.24, 2.45) is 0 Å². The highest BCUT2D eigenvalue weighted by Crippen LogP contribution is 2.25. The number of carbonyl (C=O) groups is 1. The Balaban J connectivity index is 1.88. The first-order valence-electron chi connectivity index (χ1n) is 7.89. The van der Waals surface area contributed by atoms with E-state index in [0.717, 1.165) is 11.1 Å². The van der Waals surface area contributed by atoms with Gasteiger partial charge in [0.05, 0.1) is 6.04 Å². The molecule has 0 aliphatic rings. The first-order valence-corrected chi connectivity index (χ1v) is 8.65. The molecule has 5 heteroatoms. The van der Waals surface area contributed by atoms with Gasteiger partial charge in [0.1, 0.15) is 0 Å². The molecule has 3 nitrogen and oxygen atoms in total. The van der Waals surface area contributed by atoms with Crippen molar-refractivity contribution in [2.45, 2.75) is 18.9 Å². The molecule has 0 aliphatic carbocycles. The highest BCUT2D eigenvalue weighted by Gasteiger charge is 2.17. The van der Waals surface area contributed by atoms with Crippen molar-refractivity contribution in [1.82, 2.24) is 10.2 Å². The summed E-state index contributed by atoms with van der Waals surface area (Å²) in [6.45, 7) is 0.524. The van der Waals surface area contributed by atoms with Crippen LogP contribution in [0.5, 0.6) is 0 Å².